The van der Waals surface area contributed by atoms with Crippen LogP contribution < -0.4 is 5.32 Å². The monoisotopic (exact) mass is 328 g/mol. The van der Waals surface area contributed by atoms with Gasteiger partial charge in [-0.15, -0.1) is 5.10 Å². The summed E-state index contributed by atoms with van der Waals surface area (Å²) in [5.41, 5.74) is 1.30. The number of para-hydroxylation sites is 1. The molecule has 24 heavy (non-hydrogen) atoms. The van der Waals surface area contributed by atoms with Crippen LogP contribution in [0.4, 0.5) is 0 Å². The number of carbonyl (C=O) groups excluding carboxylic acids is 1. The van der Waals surface area contributed by atoms with Crippen LogP contribution in [0.25, 0.3) is 5.69 Å². The van der Waals surface area contributed by atoms with Gasteiger partial charge >= 0.3 is 0 Å². The molecule has 1 aliphatic rings. The number of aliphatic hydroxyl groups excluding tert-OH is 1. The molecule has 2 N–H and O–H groups in total. The Morgan fingerprint density at radius 2 is 2.12 bits per heavy atom. The molecule has 1 aromatic heterocycles. The van der Waals surface area contributed by atoms with E-state index >= 15 is 0 Å². The van der Waals surface area contributed by atoms with Crippen LogP contribution in [0.2, 0.25) is 0 Å². The van der Waals surface area contributed by atoms with Crippen molar-refractivity contribution in [2.45, 2.75) is 44.6 Å². The number of amides is 1. The van der Waals surface area contributed by atoms with Crippen LogP contribution in [0.1, 0.15) is 48.9 Å². The van der Waals surface area contributed by atoms with Crippen LogP contribution in [0.15, 0.2) is 36.7 Å². The average Bonchev–Trinajstić information content (AvgIpc) is 3.14. The summed E-state index contributed by atoms with van der Waals surface area (Å²) in [6.45, 7) is 0.619. The topological polar surface area (TPSA) is 80.0 Å². The highest BCUT2D eigenvalue weighted by Crippen LogP contribution is 2.27. The van der Waals surface area contributed by atoms with Crippen LogP contribution in [0, 0.1) is 5.92 Å². The number of aliphatic hydroxyl groups is 1. The second-order valence-electron chi connectivity index (χ2n) is 6.37. The molecule has 0 bridgehead atoms. The van der Waals surface area contributed by atoms with Gasteiger partial charge in [-0.1, -0.05) is 30.2 Å². The van der Waals surface area contributed by atoms with Crippen LogP contribution in [-0.4, -0.2) is 38.7 Å². The maximum atomic E-state index is 12.5. The lowest BCUT2D eigenvalue weighted by Gasteiger charge is -2.27. The predicted octanol–water partition coefficient (Wildman–Crippen LogP) is 2.33. The van der Waals surface area contributed by atoms with Gasteiger partial charge in [-0.2, -0.15) is 0 Å². The van der Waals surface area contributed by atoms with Gasteiger partial charge in [0.05, 0.1) is 29.7 Å². The number of carbonyl (C=O) groups is 1. The Labute approximate surface area is 141 Å². The lowest BCUT2D eigenvalue weighted by atomic mass is 9.83. The zero-order chi connectivity index (χ0) is 16.8. The standard InChI is InChI=1S/C18H24N4O2/c23-17-10-4-1-6-14(17)7-5-11-19-18(24)15-8-2-3-9-16(15)22-13-12-20-21-22/h2-3,8-9,12-14,17,23H,1,4-7,10-11H2,(H,19,24)/t14-,17-/m0/s1. The second-order valence-corrected chi connectivity index (χ2v) is 6.37. The molecular formula is C18H24N4O2. The van der Waals surface area contributed by atoms with E-state index < -0.39 is 0 Å². The first kappa shape index (κ1) is 16.6. The molecule has 6 heteroatoms. The Morgan fingerprint density at radius 1 is 1.29 bits per heavy atom. The van der Waals surface area contributed by atoms with E-state index in [1.807, 2.05) is 18.2 Å². The van der Waals surface area contributed by atoms with Gasteiger partial charge in [0, 0.05) is 6.54 Å². The first-order chi connectivity index (χ1) is 11.8. The summed E-state index contributed by atoms with van der Waals surface area (Å²) in [6.07, 6.45) is 9.35. The Bertz CT molecular complexity index is 657. The number of nitrogens with zero attached hydrogens (tertiary/aromatic N) is 3. The Kier molecular flexibility index (Phi) is 5.59. The third-order valence-corrected chi connectivity index (χ3v) is 4.72. The van der Waals surface area contributed by atoms with E-state index in [0.717, 1.165) is 37.8 Å². The van der Waals surface area contributed by atoms with Crippen molar-refractivity contribution in [3.05, 3.63) is 42.2 Å². The molecule has 1 aliphatic carbocycles. The quantitative estimate of drug-likeness (QED) is 0.798. The van der Waals surface area contributed by atoms with E-state index in [0.29, 0.717) is 18.0 Å². The minimum absolute atomic E-state index is 0.106. The highest BCUT2D eigenvalue weighted by atomic mass is 16.3. The fraction of sp³-hybridized carbons (Fsp3) is 0.500. The number of nitrogens with one attached hydrogen (secondary N) is 1. The SMILES string of the molecule is O=C(NCCC[C@@H]1CCCC[C@@H]1O)c1ccccc1-n1ccnn1. The van der Waals surface area contributed by atoms with Crippen molar-refractivity contribution in [3.8, 4) is 5.69 Å². The minimum Gasteiger partial charge on any atom is -0.393 e. The van der Waals surface area contributed by atoms with E-state index in [-0.39, 0.29) is 12.0 Å². The molecule has 3 rings (SSSR count). The molecule has 0 aliphatic heterocycles. The van der Waals surface area contributed by atoms with Crippen LogP contribution in [-0.2, 0) is 0 Å². The van der Waals surface area contributed by atoms with Crippen molar-refractivity contribution in [3.63, 3.8) is 0 Å². The van der Waals surface area contributed by atoms with E-state index in [2.05, 4.69) is 15.6 Å². The first-order valence-corrected chi connectivity index (χ1v) is 8.67. The normalized spacial score (nSPS) is 20.7. The van der Waals surface area contributed by atoms with Crippen molar-refractivity contribution in [1.29, 1.82) is 0 Å². The summed E-state index contributed by atoms with van der Waals surface area (Å²) in [7, 11) is 0. The van der Waals surface area contributed by atoms with Gasteiger partial charge in [0.15, 0.2) is 0 Å². The molecule has 2 atom stereocenters. The zero-order valence-corrected chi connectivity index (χ0v) is 13.8. The van der Waals surface area contributed by atoms with Crippen molar-refractivity contribution in [2.75, 3.05) is 6.54 Å². The maximum Gasteiger partial charge on any atom is 0.253 e. The largest absolute Gasteiger partial charge is 0.393 e. The summed E-state index contributed by atoms with van der Waals surface area (Å²) >= 11 is 0. The van der Waals surface area contributed by atoms with Crippen molar-refractivity contribution in [2.24, 2.45) is 5.92 Å². The smallest absolute Gasteiger partial charge is 0.253 e. The molecule has 1 amide bonds. The minimum atomic E-state index is -0.164. The van der Waals surface area contributed by atoms with Crippen molar-refractivity contribution in [1.82, 2.24) is 20.3 Å². The second kappa shape index (κ2) is 8.06. The van der Waals surface area contributed by atoms with Crippen LogP contribution >= 0.6 is 0 Å². The molecule has 0 saturated heterocycles. The number of rotatable bonds is 6. The third-order valence-electron chi connectivity index (χ3n) is 4.72. The van der Waals surface area contributed by atoms with Crippen molar-refractivity contribution >= 4 is 5.91 Å². The Balaban J connectivity index is 1.52. The molecule has 1 saturated carbocycles. The fourth-order valence-electron chi connectivity index (χ4n) is 3.39. The highest BCUT2D eigenvalue weighted by molar-refractivity contribution is 5.97. The average molecular weight is 328 g/mol. The lowest BCUT2D eigenvalue weighted by Crippen LogP contribution is -2.28. The molecule has 6 nitrogen and oxygen atoms in total. The van der Waals surface area contributed by atoms with Crippen molar-refractivity contribution < 1.29 is 9.90 Å². The van der Waals surface area contributed by atoms with Gasteiger partial charge in [-0.05, 0) is 43.7 Å². The third kappa shape index (κ3) is 4.00. The molecule has 0 unspecified atom stereocenters. The highest BCUT2D eigenvalue weighted by Gasteiger charge is 2.22. The Hall–Kier alpha value is -2.21. The number of hydrogen-bond donors (Lipinski definition) is 2. The van der Waals surface area contributed by atoms with Gasteiger partial charge < -0.3 is 10.4 Å². The predicted molar refractivity (Wildman–Crippen MR) is 90.9 cm³/mol. The van der Waals surface area contributed by atoms with Gasteiger partial charge in [0.1, 0.15) is 0 Å². The molecule has 0 spiro atoms. The Morgan fingerprint density at radius 3 is 2.92 bits per heavy atom. The molecule has 1 fully saturated rings. The number of benzene rings is 1. The van der Waals surface area contributed by atoms with Gasteiger partial charge in [0.2, 0.25) is 0 Å². The molecule has 128 valence electrons. The van der Waals surface area contributed by atoms with Gasteiger partial charge in [0.25, 0.3) is 5.91 Å². The fourth-order valence-corrected chi connectivity index (χ4v) is 3.39. The van der Waals surface area contributed by atoms with Gasteiger partial charge in [-0.3, -0.25) is 4.79 Å². The van der Waals surface area contributed by atoms with Crippen LogP contribution in [0.3, 0.4) is 0 Å². The molecule has 1 heterocycles. The number of aromatic nitrogens is 3. The summed E-state index contributed by atoms with van der Waals surface area (Å²) in [4.78, 5) is 12.5. The van der Waals surface area contributed by atoms with E-state index in [1.165, 1.54) is 6.42 Å². The molecule has 2 aromatic rings. The first-order valence-electron chi connectivity index (χ1n) is 8.67. The summed E-state index contributed by atoms with van der Waals surface area (Å²) in [6, 6.07) is 7.35. The molecular weight excluding hydrogens is 304 g/mol. The van der Waals surface area contributed by atoms with E-state index in [1.54, 1.807) is 23.1 Å². The van der Waals surface area contributed by atoms with Gasteiger partial charge in [-0.25, -0.2) is 4.68 Å². The van der Waals surface area contributed by atoms with E-state index in [9.17, 15) is 9.90 Å². The molecule has 1 aromatic carbocycles. The lowest BCUT2D eigenvalue weighted by molar-refractivity contribution is 0.0641. The summed E-state index contributed by atoms with van der Waals surface area (Å²) < 4.78 is 1.59. The number of hydrogen-bond acceptors (Lipinski definition) is 4. The summed E-state index contributed by atoms with van der Waals surface area (Å²) in [5, 5.41) is 20.7. The zero-order valence-electron chi connectivity index (χ0n) is 13.8. The summed E-state index contributed by atoms with van der Waals surface area (Å²) in [5.74, 6) is 0.281. The molecule has 0 radical (unpaired) electrons. The van der Waals surface area contributed by atoms with Crippen LogP contribution in [0.5, 0.6) is 0 Å². The van der Waals surface area contributed by atoms with E-state index in [4.69, 9.17) is 0 Å². The maximum absolute atomic E-state index is 12.5.